The second-order valence-corrected chi connectivity index (χ2v) is 3.58. The maximum absolute atomic E-state index is 12.9. The monoisotopic (exact) mass is 194 g/mol. The van der Waals surface area contributed by atoms with Gasteiger partial charge in [0.1, 0.15) is 11.7 Å². The van der Waals surface area contributed by atoms with Gasteiger partial charge in [-0.05, 0) is 30.5 Å². The molecule has 3 nitrogen and oxygen atoms in total. The van der Waals surface area contributed by atoms with Gasteiger partial charge in [-0.3, -0.25) is 0 Å². The molecule has 1 aromatic carbocycles. The van der Waals surface area contributed by atoms with Crippen molar-refractivity contribution >= 4 is 5.84 Å². The molecule has 0 spiro atoms. The van der Waals surface area contributed by atoms with Gasteiger partial charge in [0.2, 0.25) is 0 Å². The highest BCUT2D eigenvalue weighted by molar-refractivity contribution is 5.94. The van der Waals surface area contributed by atoms with Gasteiger partial charge >= 0.3 is 0 Å². The fraction of sp³-hybridized carbons (Fsp3) is 0.300. The third-order valence-electron chi connectivity index (χ3n) is 2.73. The van der Waals surface area contributed by atoms with Crippen LogP contribution in [0.2, 0.25) is 0 Å². The van der Waals surface area contributed by atoms with E-state index < -0.39 is 5.41 Å². The molecule has 0 atom stereocenters. The number of hydrogen-bond donors (Lipinski definition) is 2. The molecule has 74 valence electrons. The highest BCUT2D eigenvalue weighted by Gasteiger charge is 2.48. The predicted octanol–water partition coefficient (Wildman–Crippen LogP) is 1.60. The zero-order valence-corrected chi connectivity index (χ0v) is 7.57. The molecule has 0 aliphatic heterocycles. The summed E-state index contributed by atoms with van der Waals surface area (Å²) >= 11 is 0. The van der Waals surface area contributed by atoms with E-state index in [0.29, 0.717) is 0 Å². The molecule has 3 N–H and O–H groups in total. The molecule has 1 fully saturated rings. The Hall–Kier alpha value is -1.58. The summed E-state index contributed by atoms with van der Waals surface area (Å²) in [6, 6.07) is 6.25. The number of nitrogens with zero attached hydrogens (tertiary/aromatic N) is 1. The first-order chi connectivity index (χ1) is 6.69. The average Bonchev–Trinajstić information content (AvgIpc) is 2.97. The van der Waals surface area contributed by atoms with E-state index in [9.17, 15) is 4.39 Å². The van der Waals surface area contributed by atoms with Crippen molar-refractivity contribution < 1.29 is 9.60 Å². The van der Waals surface area contributed by atoms with Crippen LogP contribution in [0, 0.1) is 5.82 Å². The zero-order chi connectivity index (χ0) is 10.2. The van der Waals surface area contributed by atoms with E-state index in [1.807, 2.05) is 0 Å². The van der Waals surface area contributed by atoms with Crippen molar-refractivity contribution in [3.05, 3.63) is 35.6 Å². The lowest BCUT2D eigenvalue weighted by atomic mass is 9.95. The van der Waals surface area contributed by atoms with Gasteiger partial charge in [0, 0.05) is 0 Å². The lowest BCUT2D eigenvalue weighted by molar-refractivity contribution is 0.315. The van der Waals surface area contributed by atoms with Gasteiger partial charge in [-0.25, -0.2) is 4.39 Å². The molecule has 1 saturated carbocycles. The first-order valence-corrected chi connectivity index (χ1v) is 4.43. The van der Waals surface area contributed by atoms with Crippen molar-refractivity contribution in [2.45, 2.75) is 18.3 Å². The smallest absolute Gasteiger partial charge is 0.149 e. The Morgan fingerprint density at radius 3 is 2.71 bits per heavy atom. The lowest BCUT2D eigenvalue weighted by Gasteiger charge is -2.13. The van der Waals surface area contributed by atoms with E-state index >= 15 is 0 Å². The highest BCUT2D eigenvalue weighted by atomic mass is 19.1. The Morgan fingerprint density at radius 1 is 1.50 bits per heavy atom. The second-order valence-electron chi connectivity index (χ2n) is 3.58. The van der Waals surface area contributed by atoms with Gasteiger partial charge in [0.25, 0.3) is 0 Å². The molecule has 1 aliphatic carbocycles. The van der Waals surface area contributed by atoms with Crippen molar-refractivity contribution in [3.63, 3.8) is 0 Å². The van der Waals surface area contributed by atoms with Crippen LogP contribution < -0.4 is 5.73 Å². The van der Waals surface area contributed by atoms with Crippen molar-refractivity contribution in [1.82, 2.24) is 0 Å². The van der Waals surface area contributed by atoms with Crippen LogP contribution in [0.3, 0.4) is 0 Å². The zero-order valence-electron chi connectivity index (χ0n) is 7.57. The third kappa shape index (κ3) is 1.23. The van der Waals surface area contributed by atoms with Crippen molar-refractivity contribution in [2.75, 3.05) is 0 Å². The molecule has 14 heavy (non-hydrogen) atoms. The maximum atomic E-state index is 12.9. The summed E-state index contributed by atoms with van der Waals surface area (Å²) in [7, 11) is 0. The van der Waals surface area contributed by atoms with Crippen LogP contribution in [0.4, 0.5) is 4.39 Å². The number of halogens is 1. The minimum absolute atomic E-state index is 0.170. The average molecular weight is 194 g/mol. The molecule has 1 aromatic rings. The molecule has 1 aliphatic rings. The minimum Gasteiger partial charge on any atom is -0.409 e. The summed E-state index contributed by atoms with van der Waals surface area (Å²) in [5.41, 5.74) is 5.94. The van der Waals surface area contributed by atoms with Crippen LogP contribution in [-0.2, 0) is 5.41 Å². The largest absolute Gasteiger partial charge is 0.409 e. The molecule has 4 heteroatoms. The second kappa shape index (κ2) is 2.97. The SMILES string of the molecule is N/C(=N\O)C1(c2cccc(F)c2)CC1. The molecule has 0 bridgehead atoms. The first kappa shape index (κ1) is 8.99. The molecule has 0 unspecified atom stereocenters. The molecule has 2 rings (SSSR count). The Kier molecular flexibility index (Phi) is 1.91. The molecule has 0 amide bonds. The molecule has 0 aromatic heterocycles. The van der Waals surface area contributed by atoms with Crippen LogP contribution >= 0.6 is 0 Å². The Labute approximate surface area is 81.0 Å². The molecule has 0 radical (unpaired) electrons. The van der Waals surface area contributed by atoms with E-state index in [4.69, 9.17) is 10.9 Å². The Bertz CT molecular complexity index is 385. The number of benzene rings is 1. The van der Waals surface area contributed by atoms with Crippen molar-refractivity contribution in [2.24, 2.45) is 10.9 Å². The fourth-order valence-electron chi connectivity index (χ4n) is 1.70. The summed E-state index contributed by atoms with van der Waals surface area (Å²) in [6.07, 6.45) is 1.62. The van der Waals surface area contributed by atoms with Crippen LogP contribution in [0.1, 0.15) is 18.4 Å². The number of oxime groups is 1. The predicted molar refractivity (Wildman–Crippen MR) is 50.7 cm³/mol. The van der Waals surface area contributed by atoms with Gasteiger partial charge in [0.05, 0.1) is 5.41 Å². The van der Waals surface area contributed by atoms with Gasteiger partial charge < -0.3 is 10.9 Å². The van der Waals surface area contributed by atoms with Gasteiger partial charge in [-0.15, -0.1) is 0 Å². The van der Waals surface area contributed by atoms with Gasteiger partial charge in [-0.1, -0.05) is 17.3 Å². The van der Waals surface area contributed by atoms with Crippen LogP contribution in [0.15, 0.2) is 29.4 Å². The van der Waals surface area contributed by atoms with Crippen LogP contribution in [0.5, 0.6) is 0 Å². The number of rotatable bonds is 2. The Balaban J connectivity index is 2.40. The van der Waals surface area contributed by atoms with Crippen molar-refractivity contribution in [3.8, 4) is 0 Å². The lowest BCUT2D eigenvalue weighted by Crippen LogP contribution is -2.28. The van der Waals surface area contributed by atoms with E-state index in [0.717, 1.165) is 18.4 Å². The summed E-state index contributed by atoms with van der Waals surface area (Å²) in [6.45, 7) is 0. The van der Waals surface area contributed by atoms with E-state index in [1.165, 1.54) is 12.1 Å². The fourth-order valence-corrected chi connectivity index (χ4v) is 1.70. The summed E-state index contributed by atoms with van der Waals surface area (Å²) < 4.78 is 12.9. The van der Waals surface area contributed by atoms with Gasteiger partial charge in [0.15, 0.2) is 0 Å². The summed E-state index contributed by atoms with van der Waals surface area (Å²) in [4.78, 5) is 0. The van der Waals surface area contributed by atoms with Crippen molar-refractivity contribution in [1.29, 1.82) is 0 Å². The van der Waals surface area contributed by atoms with E-state index in [1.54, 1.807) is 12.1 Å². The van der Waals surface area contributed by atoms with E-state index in [2.05, 4.69) is 5.16 Å². The highest BCUT2D eigenvalue weighted by Crippen LogP contribution is 2.48. The topological polar surface area (TPSA) is 58.6 Å². The van der Waals surface area contributed by atoms with Gasteiger partial charge in [-0.2, -0.15) is 0 Å². The van der Waals surface area contributed by atoms with E-state index in [-0.39, 0.29) is 11.7 Å². The quantitative estimate of drug-likeness (QED) is 0.325. The first-order valence-electron chi connectivity index (χ1n) is 4.43. The van der Waals surface area contributed by atoms with Crippen LogP contribution in [0.25, 0.3) is 0 Å². The third-order valence-corrected chi connectivity index (χ3v) is 2.73. The maximum Gasteiger partial charge on any atom is 0.149 e. The summed E-state index contributed by atoms with van der Waals surface area (Å²) in [5.74, 6) is -0.123. The molecular weight excluding hydrogens is 183 g/mol. The Morgan fingerprint density at radius 2 is 2.21 bits per heavy atom. The number of nitrogens with two attached hydrogens (primary N) is 1. The number of amidine groups is 1. The molecule has 0 heterocycles. The minimum atomic E-state index is -0.420. The number of hydrogen-bond acceptors (Lipinski definition) is 2. The molecular formula is C10H11FN2O. The molecule has 0 saturated heterocycles. The standard InChI is InChI=1S/C10H11FN2O/c11-8-3-1-2-7(6-8)10(4-5-10)9(12)13-14/h1-3,6,14H,4-5H2,(H2,12,13). The summed E-state index contributed by atoms with van der Waals surface area (Å²) in [5, 5.41) is 11.6. The van der Waals surface area contributed by atoms with Crippen LogP contribution in [-0.4, -0.2) is 11.0 Å². The normalized spacial score (nSPS) is 19.4.